The van der Waals surface area contributed by atoms with E-state index in [1.54, 1.807) is 48.5 Å². The van der Waals surface area contributed by atoms with E-state index in [0.29, 0.717) is 16.1 Å². The second kappa shape index (κ2) is 8.42. The van der Waals surface area contributed by atoms with Crippen LogP contribution in [0.25, 0.3) is 22.4 Å². The van der Waals surface area contributed by atoms with Crippen molar-refractivity contribution in [1.82, 2.24) is 19.7 Å². The fraction of sp³-hybridized carbons (Fsp3) is 0.0833. The Bertz CT molecular complexity index is 1490. The minimum atomic E-state index is -4.83. The first-order chi connectivity index (χ1) is 16.3. The molecule has 170 valence electrons. The molecule has 5 rings (SSSR count). The molecule has 0 saturated carbocycles. The molecule has 5 aromatic rings. The molecule has 0 aliphatic rings. The van der Waals surface area contributed by atoms with Crippen LogP contribution >= 0.6 is 11.6 Å². The van der Waals surface area contributed by atoms with Gasteiger partial charge in [0.05, 0.1) is 11.1 Å². The number of para-hydroxylation sites is 1. The zero-order valence-corrected chi connectivity index (χ0v) is 18.0. The predicted molar refractivity (Wildman–Crippen MR) is 118 cm³/mol. The average molecular weight is 483 g/mol. The van der Waals surface area contributed by atoms with Gasteiger partial charge in [-0.2, -0.15) is 18.2 Å². The molecular weight excluding hydrogens is 469 g/mol. The SMILES string of the molecule is O=C(c1noc(-c2cccnc2)n1)c1c(C(F)(F)F)n(Cc2ccc(Cl)cc2)c2ccccc12. The molecule has 0 radical (unpaired) electrons. The van der Waals surface area contributed by atoms with Gasteiger partial charge in [-0.05, 0) is 35.9 Å². The van der Waals surface area contributed by atoms with Gasteiger partial charge in [0, 0.05) is 34.9 Å². The van der Waals surface area contributed by atoms with E-state index in [0.717, 1.165) is 4.57 Å². The van der Waals surface area contributed by atoms with Crippen molar-refractivity contribution in [3.63, 3.8) is 0 Å². The van der Waals surface area contributed by atoms with Gasteiger partial charge < -0.3 is 9.09 Å². The van der Waals surface area contributed by atoms with Gasteiger partial charge in [0.15, 0.2) is 0 Å². The molecule has 34 heavy (non-hydrogen) atoms. The third-order valence-corrected chi connectivity index (χ3v) is 5.51. The lowest BCUT2D eigenvalue weighted by Gasteiger charge is -2.14. The van der Waals surface area contributed by atoms with Crippen LogP contribution in [0, 0.1) is 0 Å². The number of hydrogen-bond donors (Lipinski definition) is 0. The molecule has 3 heterocycles. The summed E-state index contributed by atoms with van der Waals surface area (Å²) in [6.45, 7) is -0.118. The molecule has 0 aliphatic heterocycles. The minimum absolute atomic E-state index is 0.0186. The van der Waals surface area contributed by atoms with Crippen LogP contribution in [0.4, 0.5) is 13.2 Å². The number of rotatable bonds is 5. The number of nitrogens with zero attached hydrogens (tertiary/aromatic N) is 4. The number of hydrogen-bond acceptors (Lipinski definition) is 5. The second-order valence-electron chi connectivity index (χ2n) is 7.45. The number of carbonyl (C=O) groups is 1. The Morgan fingerprint density at radius 2 is 1.79 bits per heavy atom. The Morgan fingerprint density at radius 1 is 1.03 bits per heavy atom. The van der Waals surface area contributed by atoms with Crippen LogP contribution in [-0.2, 0) is 12.7 Å². The quantitative estimate of drug-likeness (QED) is 0.286. The van der Waals surface area contributed by atoms with Gasteiger partial charge in [0.2, 0.25) is 11.6 Å². The van der Waals surface area contributed by atoms with Gasteiger partial charge in [0.25, 0.3) is 5.89 Å². The first-order valence-corrected chi connectivity index (χ1v) is 10.4. The smallest absolute Gasteiger partial charge is 0.333 e. The number of carbonyl (C=O) groups excluding carboxylic acids is 1. The Balaban J connectivity index is 1.67. The van der Waals surface area contributed by atoms with E-state index in [2.05, 4.69) is 15.1 Å². The fourth-order valence-electron chi connectivity index (χ4n) is 3.80. The van der Waals surface area contributed by atoms with Crippen LogP contribution in [0.15, 0.2) is 77.6 Å². The van der Waals surface area contributed by atoms with Crippen molar-refractivity contribution in [2.75, 3.05) is 0 Å². The second-order valence-corrected chi connectivity index (χ2v) is 7.88. The number of fused-ring (bicyclic) bond motifs is 1. The summed E-state index contributed by atoms with van der Waals surface area (Å²) in [5.41, 5.74) is -0.329. The molecule has 0 amide bonds. The highest BCUT2D eigenvalue weighted by molar-refractivity contribution is 6.30. The maximum Gasteiger partial charge on any atom is 0.432 e. The molecule has 0 saturated heterocycles. The molecule has 6 nitrogen and oxygen atoms in total. The third-order valence-electron chi connectivity index (χ3n) is 5.26. The van der Waals surface area contributed by atoms with E-state index in [1.165, 1.54) is 24.5 Å². The van der Waals surface area contributed by atoms with E-state index in [1.807, 2.05) is 0 Å². The number of aromatic nitrogens is 4. The highest BCUT2D eigenvalue weighted by Crippen LogP contribution is 2.39. The maximum absolute atomic E-state index is 14.4. The van der Waals surface area contributed by atoms with Crippen LogP contribution in [0.1, 0.15) is 27.4 Å². The van der Waals surface area contributed by atoms with E-state index in [9.17, 15) is 18.0 Å². The van der Waals surface area contributed by atoms with Crippen molar-refractivity contribution < 1.29 is 22.5 Å². The van der Waals surface area contributed by atoms with E-state index < -0.39 is 29.0 Å². The molecule has 3 aromatic heterocycles. The highest BCUT2D eigenvalue weighted by Gasteiger charge is 2.42. The number of ketones is 1. The number of pyridine rings is 1. The maximum atomic E-state index is 14.4. The van der Waals surface area contributed by atoms with Gasteiger partial charge >= 0.3 is 6.18 Å². The molecular formula is C24H14ClF3N4O2. The molecule has 0 N–H and O–H groups in total. The van der Waals surface area contributed by atoms with Crippen molar-refractivity contribution in [2.45, 2.75) is 12.7 Å². The lowest BCUT2D eigenvalue weighted by Crippen LogP contribution is -2.19. The van der Waals surface area contributed by atoms with Crippen molar-refractivity contribution in [3.8, 4) is 11.5 Å². The molecule has 2 aromatic carbocycles. The Hall–Kier alpha value is -3.98. The van der Waals surface area contributed by atoms with Gasteiger partial charge in [-0.1, -0.05) is 47.1 Å². The molecule has 0 spiro atoms. The van der Waals surface area contributed by atoms with E-state index in [-0.39, 0.29) is 23.3 Å². The lowest BCUT2D eigenvalue weighted by atomic mass is 10.1. The Kier molecular flexibility index (Phi) is 5.41. The lowest BCUT2D eigenvalue weighted by molar-refractivity contribution is -0.143. The topological polar surface area (TPSA) is 73.8 Å². The number of benzene rings is 2. The standard InChI is InChI=1S/C24H14ClF3N4O2/c25-16-9-7-14(8-10-16)13-32-18-6-2-1-5-17(18)19(21(32)24(26,27)28)20(33)22-30-23(34-31-22)15-4-3-11-29-12-15/h1-12H,13H2. The molecule has 0 aliphatic carbocycles. The summed E-state index contributed by atoms with van der Waals surface area (Å²) < 4.78 is 49.4. The molecule has 10 heteroatoms. The average Bonchev–Trinajstić information content (AvgIpc) is 3.44. The summed E-state index contributed by atoms with van der Waals surface area (Å²) in [5, 5.41) is 4.25. The van der Waals surface area contributed by atoms with Crippen LogP contribution in [0.2, 0.25) is 5.02 Å². The van der Waals surface area contributed by atoms with Crippen LogP contribution in [-0.4, -0.2) is 25.5 Å². The van der Waals surface area contributed by atoms with E-state index >= 15 is 0 Å². The van der Waals surface area contributed by atoms with Crippen molar-refractivity contribution in [1.29, 1.82) is 0 Å². The molecule has 0 bridgehead atoms. The summed E-state index contributed by atoms with van der Waals surface area (Å²) in [5.74, 6) is -1.48. The zero-order chi connectivity index (χ0) is 23.9. The van der Waals surface area contributed by atoms with Gasteiger partial charge in [-0.15, -0.1) is 0 Å². The normalized spacial score (nSPS) is 11.8. The van der Waals surface area contributed by atoms with Crippen molar-refractivity contribution in [3.05, 3.63) is 101 Å². The molecule has 0 unspecified atom stereocenters. The summed E-state index contributed by atoms with van der Waals surface area (Å²) in [6, 6.07) is 15.9. The third kappa shape index (κ3) is 3.94. The van der Waals surface area contributed by atoms with Gasteiger partial charge in [-0.25, -0.2) is 0 Å². The van der Waals surface area contributed by atoms with Crippen molar-refractivity contribution in [2.24, 2.45) is 0 Å². The largest absolute Gasteiger partial charge is 0.432 e. The van der Waals surface area contributed by atoms with Gasteiger partial charge in [0.1, 0.15) is 5.69 Å². The summed E-state index contributed by atoms with van der Waals surface area (Å²) in [6.07, 6.45) is -1.84. The highest BCUT2D eigenvalue weighted by atomic mass is 35.5. The zero-order valence-electron chi connectivity index (χ0n) is 17.3. The van der Waals surface area contributed by atoms with E-state index in [4.69, 9.17) is 16.1 Å². The summed E-state index contributed by atoms with van der Waals surface area (Å²) in [7, 11) is 0. The Morgan fingerprint density at radius 3 is 2.50 bits per heavy atom. The fourth-order valence-corrected chi connectivity index (χ4v) is 3.92. The summed E-state index contributed by atoms with van der Waals surface area (Å²) in [4.78, 5) is 21.3. The first-order valence-electron chi connectivity index (χ1n) is 10.0. The first kappa shape index (κ1) is 21.8. The molecule has 0 fully saturated rings. The van der Waals surface area contributed by atoms with Crippen LogP contribution in [0.3, 0.4) is 0 Å². The number of halogens is 4. The molecule has 0 atom stereocenters. The summed E-state index contributed by atoms with van der Waals surface area (Å²) >= 11 is 5.92. The van der Waals surface area contributed by atoms with Crippen LogP contribution < -0.4 is 0 Å². The Labute approximate surface area is 195 Å². The van der Waals surface area contributed by atoms with Gasteiger partial charge in [-0.3, -0.25) is 9.78 Å². The minimum Gasteiger partial charge on any atom is -0.333 e. The monoisotopic (exact) mass is 482 g/mol. The number of alkyl halides is 3. The van der Waals surface area contributed by atoms with Crippen LogP contribution in [0.5, 0.6) is 0 Å². The predicted octanol–water partition coefficient (Wildman–Crippen LogP) is 6.04. The van der Waals surface area contributed by atoms with Crippen molar-refractivity contribution >= 4 is 28.3 Å².